The van der Waals surface area contributed by atoms with Crippen LogP contribution in [0.1, 0.15) is 25.3 Å². The normalized spacial score (nSPS) is 17.5. The molecule has 0 aliphatic carbocycles. The van der Waals surface area contributed by atoms with Gasteiger partial charge in [0.25, 0.3) is 0 Å². The van der Waals surface area contributed by atoms with Crippen molar-refractivity contribution in [3.8, 4) is 5.75 Å². The number of amides is 1. The van der Waals surface area contributed by atoms with E-state index in [-0.39, 0.29) is 29.6 Å². The van der Waals surface area contributed by atoms with Gasteiger partial charge in [-0.3, -0.25) is 4.79 Å². The predicted octanol–water partition coefficient (Wildman–Crippen LogP) is 2.14. The summed E-state index contributed by atoms with van der Waals surface area (Å²) in [6, 6.07) is 8.18. The highest BCUT2D eigenvalue weighted by Crippen LogP contribution is 2.35. The van der Waals surface area contributed by atoms with Gasteiger partial charge in [-0.05, 0) is 37.6 Å². The van der Waals surface area contributed by atoms with Gasteiger partial charge in [-0.15, -0.1) is 12.4 Å². The molecule has 1 aromatic carbocycles. The van der Waals surface area contributed by atoms with Crippen LogP contribution in [0.2, 0.25) is 0 Å². The predicted molar refractivity (Wildman–Crippen MR) is 98.1 cm³/mol. The average Bonchev–Trinajstić information content (AvgIpc) is 2.60. The first kappa shape index (κ1) is 20.7. The summed E-state index contributed by atoms with van der Waals surface area (Å²) in [5.41, 5.74) is 1.18. The first-order chi connectivity index (χ1) is 11.1. The quantitative estimate of drug-likeness (QED) is 0.785. The van der Waals surface area contributed by atoms with Gasteiger partial charge in [-0.1, -0.05) is 19.1 Å². The van der Waals surface area contributed by atoms with Crippen molar-refractivity contribution < 1.29 is 14.3 Å². The van der Waals surface area contributed by atoms with E-state index in [4.69, 9.17) is 9.47 Å². The molecule has 0 saturated carbocycles. The van der Waals surface area contributed by atoms with Gasteiger partial charge in [-0.25, -0.2) is 0 Å². The summed E-state index contributed by atoms with van der Waals surface area (Å²) in [6.07, 6.45) is 1.83. The van der Waals surface area contributed by atoms with Gasteiger partial charge in [0.1, 0.15) is 5.75 Å². The fourth-order valence-electron chi connectivity index (χ4n) is 3.10. The van der Waals surface area contributed by atoms with Crippen LogP contribution in [-0.4, -0.2) is 46.4 Å². The molecule has 0 bridgehead atoms. The number of nitrogens with one attached hydrogen (secondary N) is 2. The number of halogens is 1. The van der Waals surface area contributed by atoms with E-state index in [0.717, 1.165) is 31.8 Å². The van der Waals surface area contributed by atoms with Crippen molar-refractivity contribution in [2.75, 3.05) is 40.5 Å². The lowest BCUT2D eigenvalue weighted by molar-refractivity contribution is -0.124. The molecule has 0 spiro atoms. The molecular weight excluding hydrogens is 328 g/mol. The fraction of sp³-hybridized carbons (Fsp3) is 0.611. The summed E-state index contributed by atoms with van der Waals surface area (Å²) in [5, 5.41) is 6.18. The van der Waals surface area contributed by atoms with E-state index in [2.05, 4.69) is 22.8 Å². The van der Waals surface area contributed by atoms with E-state index in [0.29, 0.717) is 13.1 Å². The maximum absolute atomic E-state index is 12.2. The lowest BCUT2D eigenvalue weighted by Gasteiger charge is -2.38. The lowest BCUT2D eigenvalue weighted by atomic mass is 9.74. The molecule has 1 saturated heterocycles. The Bertz CT molecular complexity index is 501. The molecule has 0 radical (unpaired) electrons. The van der Waals surface area contributed by atoms with Crippen LogP contribution in [0.4, 0.5) is 0 Å². The maximum atomic E-state index is 12.2. The number of benzene rings is 1. The third kappa shape index (κ3) is 5.10. The van der Waals surface area contributed by atoms with Crippen LogP contribution in [0, 0.1) is 5.92 Å². The smallest absolute Gasteiger partial charge is 0.224 e. The summed E-state index contributed by atoms with van der Waals surface area (Å²) < 4.78 is 10.8. The van der Waals surface area contributed by atoms with E-state index in [1.54, 1.807) is 7.11 Å². The molecule has 1 fully saturated rings. The van der Waals surface area contributed by atoms with Gasteiger partial charge >= 0.3 is 0 Å². The molecule has 1 unspecified atom stereocenters. The van der Waals surface area contributed by atoms with Gasteiger partial charge in [0.2, 0.25) is 5.91 Å². The first-order valence-electron chi connectivity index (χ1n) is 8.26. The number of carbonyl (C=O) groups excluding carboxylic acids is 1. The zero-order chi connectivity index (χ0) is 16.7. The van der Waals surface area contributed by atoms with Crippen LogP contribution in [0.3, 0.4) is 0 Å². The van der Waals surface area contributed by atoms with Gasteiger partial charge < -0.3 is 20.1 Å². The van der Waals surface area contributed by atoms with Crippen LogP contribution in [0.15, 0.2) is 24.3 Å². The van der Waals surface area contributed by atoms with Crippen molar-refractivity contribution in [1.82, 2.24) is 10.6 Å². The molecule has 136 valence electrons. The summed E-state index contributed by atoms with van der Waals surface area (Å²) in [7, 11) is 3.53. The minimum Gasteiger partial charge on any atom is -0.497 e. The molecule has 1 amide bonds. The summed E-state index contributed by atoms with van der Waals surface area (Å²) in [5.74, 6) is 0.911. The maximum Gasteiger partial charge on any atom is 0.224 e. The Morgan fingerprint density at radius 1 is 1.29 bits per heavy atom. The van der Waals surface area contributed by atoms with E-state index in [9.17, 15) is 4.79 Å². The molecule has 6 heteroatoms. The van der Waals surface area contributed by atoms with Crippen molar-refractivity contribution in [3.63, 3.8) is 0 Å². The van der Waals surface area contributed by atoms with Gasteiger partial charge in [0.15, 0.2) is 0 Å². The van der Waals surface area contributed by atoms with Crippen LogP contribution in [0.25, 0.3) is 0 Å². The Kier molecular flexibility index (Phi) is 8.53. The third-order valence-corrected chi connectivity index (χ3v) is 4.71. The zero-order valence-corrected chi connectivity index (χ0v) is 15.6. The molecule has 2 rings (SSSR count). The highest BCUT2D eigenvalue weighted by Gasteiger charge is 2.35. The molecule has 1 heterocycles. The van der Waals surface area contributed by atoms with Crippen LogP contribution >= 0.6 is 12.4 Å². The van der Waals surface area contributed by atoms with Crippen molar-refractivity contribution in [1.29, 1.82) is 0 Å². The molecule has 0 aromatic heterocycles. The molecule has 2 N–H and O–H groups in total. The second kappa shape index (κ2) is 9.87. The van der Waals surface area contributed by atoms with Crippen LogP contribution in [-0.2, 0) is 14.9 Å². The van der Waals surface area contributed by atoms with E-state index in [1.165, 1.54) is 5.56 Å². The Hall–Kier alpha value is -1.30. The number of ether oxygens (including phenoxy) is 2. The van der Waals surface area contributed by atoms with Crippen molar-refractivity contribution in [2.24, 2.45) is 5.92 Å². The van der Waals surface area contributed by atoms with E-state index >= 15 is 0 Å². The second-order valence-electron chi connectivity index (χ2n) is 6.30. The Morgan fingerprint density at radius 2 is 1.92 bits per heavy atom. The average molecular weight is 357 g/mol. The number of methoxy groups -OCH3 is 1. The molecule has 1 atom stereocenters. The summed E-state index contributed by atoms with van der Waals surface area (Å²) in [6.45, 7) is 4.73. The monoisotopic (exact) mass is 356 g/mol. The highest BCUT2D eigenvalue weighted by molar-refractivity contribution is 5.85. The van der Waals surface area contributed by atoms with Gasteiger partial charge in [-0.2, -0.15) is 0 Å². The molecule has 1 aromatic rings. The number of hydrogen-bond donors (Lipinski definition) is 2. The molecule has 5 nitrogen and oxygen atoms in total. The molecule has 1 aliphatic heterocycles. The number of carbonyl (C=O) groups is 1. The molecular formula is C18H29ClN2O3. The highest BCUT2D eigenvalue weighted by atomic mass is 35.5. The van der Waals surface area contributed by atoms with Crippen molar-refractivity contribution >= 4 is 18.3 Å². The summed E-state index contributed by atoms with van der Waals surface area (Å²) in [4.78, 5) is 12.2. The minimum atomic E-state index is -0.0560. The van der Waals surface area contributed by atoms with E-state index < -0.39 is 0 Å². The van der Waals surface area contributed by atoms with E-state index in [1.807, 2.05) is 26.1 Å². The van der Waals surface area contributed by atoms with Crippen LogP contribution in [0.5, 0.6) is 5.75 Å². The standard InChI is InChI=1S/C18H28N2O3.ClH/c1-14(12-19-2)17(21)20-13-18(8-10-23-11-9-18)15-4-6-16(22-3)7-5-15;/h4-7,14,19H,8-13H2,1-3H3,(H,20,21);1H. The summed E-state index contributed by atoms with van der Waals surface area (Å²) >= 11 is 0. The van der Waals surface area contributed by atoms with Crippen LogP contribution < -0.4 is 15.4 Å². The van der Waals surface area contributed by atoms with Gasteiger partial charge in [0, 0.05) is 37.6 Å². The SMILES string of the molecule is CNCC(C)C(=O)NCC1(c2ccc(OC)cc2)CCOCC1.Cl. The van der Waals surface area contributed by atoms with Gasteiger partial charge in [0.05, 0.1) is 7.11 Å². The number of hydrogen-bond acceptors (Lipinski definition) is 4. The minimum absolute atomic E-state index is 0. The Morgan fingerprint density at radius 3 is 2.46 bits per heavy atom. The fourth-order valence-corrected chi connectivity index (χ4v) is 3.10. The Balaban J connectivity index is 0.00000288. The largest absolute Gasteiger partial charge is 0.497 e. The lowest BCUT2D eigenvalue weighted by Crippen LogP contribution is -2.46. The van der Waals surface area contributed by atoms with Crippen molar-refractivity contribution in [3.05, 3.63) is 29.8 Å². The molecule has 1 aliphatic rings. The number of rotatable bonds is 7. The topological polar surface area (TPSA) is 59.6 Å². The third-order valence-electron chi connectivity index (χ3n) is 4.71. The van der Waals surface area contributed by atoms with Crippen molar-refractivity contribution in [2.45, 2.75) is 25.2 Å². The first-order valence-corrected chi connectivity index (χ1v) is 8.26. The molecule has 24 heavy (non-hydrogen) atoms. The zero-order valence-electron chi connectivity index (χ0n) is 14.8. The second-order valence-corrected chi connectivity index (χ2v) is 6.30. The Labute approximate surface area is 150 Å².